The highest BCUT2D eigenvalue weighted by molar-refractivity contribution is 6.03. The number of hydrogen-bond acceptors (Lipinski definition) is 6. The molecule has 0 fully saturated rings. The molecule has 1 amide bonds. The number of esters is 1. The van der Waals surface area contributed by atoms with Gasteiger partial charge in [0.25, 0.3) is 11.5 Å². The third kappa shape index (κ3) is 5.51. The number of nitrogens with one attached hydrogen (secondary N) is 1. The van der Waals surface area contributed by atoms with E-state index in [9.17, 15) is 14.4 Å². The van der Waals surface area contributed by atoms with Gasteiger partial charge in [-0.2, -0.15) is 5.10 Å². The van der Waals surface area contributed by atoms with Gasteiger partial charge in [0.05, 0.1) is 18.2 Å². The van der Waals surface area contributed by atoms with Gasteiger partial charge < -0.3 is 14.8 Å². The summed E-state index contributed by atoms with van der Waals surface area (Å²) < 4.78 is 11.7. The number of anilines is 1. The maximum atomic E-state index is 12.8. The summed E-state index contributed by atoms with van der Waals surface area (Å²) in [5.74, 6) is -0.784. The van der Waals surface area contributed by atoms with Crippen molar-refractivity contribution in [2.75, 3.05) is 19.0 Å². The minimum Gasteiger partial charge on any atom is -0.495 e. The van der Waals surface area contributed by atoms with Crippen molar-refractivity contribution in [2.45, 2.75) is 39.2 Å². The highest BCUT2D eigenvalue weighted by atomic mass is 16.5. The molecular weight excluding hydrogens is 410 g/mol. The lowest BCUT2D eigenvalue weighted by molar-refractivity contribution is -0.119. The minimum atomic E-state index is -0.765. The molecule has 0 bridgehead atoms. The first-order valence-corrected chi connectivity index (χ1v) is 10.6. The molecule has 1 heterocycles. The molecule has 1 aromatic heterocycles. The van der Waals surface area contributed by atoms with Crippen molar-refractivity contribution in [2.24, 2.45) is 0 Å². The zero-order valence-corrected chi connectivity index (χ0v) is 18.3. The van der Waals surface area contributed by atoms with Crippen LogP contribution in [-0.2, 0) is 16.1 Å². The first kappa shape index (κ1) is 23.0. The lowest BCUT2D eigenvalue weighted by Crippen LogP contribution is -2.28. The van der Waals surface area contributed by atoms with Crippen LogP contribution in [0.1, 0.15) is 43.1 Å². The van der Waals surface area contributed by atoms with Gasteiger partial charge in [-0.1, -0.05) is 56.5 Å². The zero-order valence-electron chi connectivity index (χ0n) is 18.3. The maximum absolute atomic E-state index is 12.8. The molecule has 2 aromatic carbocycles. The van der Waals surface area contributed by atoms with Gasteiger partial charge in [0.1, 0.15) is 5.75 Å². The summed E-state index contributed by atoms with van der Waals surface area (Å²) in [5.41, 5.74) is 0.239. The van der Waals surface area contributed by atoms with E-state index in [1.807, 2.05) is 0 Å². The quantitative estimate of drug-likeness (QED) is 0.383. The first-order chi connectivity index (χ1) is 15.5. The van der Waals surface area contributed by atoms with E-state index in [1.165, 1.54) is 11.8 Å². The molecule has 8 heteroatoms. The van der Waals surface area contributed by atoms with Crippen LogP contribution in [0, 0.1) is 0 Å². The Morgan fingerprint density at radius 1 is 1.00 bits per heavy atom. The summed E-state index contributed by atoms with van der Waals surface area (Å²) in [5, 5.41) is 7.71. The number of nitrogens with zero attached hydrogens (tertiary/aromatic N) is 2. The summed E-state index contributed by atoms with van der Waals surface area (Å²) in [6, 6.07) is 13.7. The van der Waals surface area contributed by atoms with Crippen LogP contribution in [0.3, 0.4) is 0 Å². The molecule has 0 aliphatic carbocycles. The molecule has 168 valence electrons. The van der Waals surface area contributed by atoms with E-state index in [-0.39, 0.29) is 11.3 Å². The van der Waals surface area contributed by atoms with Crippen LogP contribution >= 0.6 is 0 Å². The molecule has 0 radical (unpaired) electrons. The van der Waals surface area contributed by atoms with Gasteiger partial charge in [0.15, 0.2) is 12.3 Å². The summed E-state index contributed by atoms with van der Waals surface area (Å²) in [6.07, 6.45) is 3.91. The average Bonchev–Trinajstić information content (AvgIpc) is 2.82. The largest absolute Gasteiger partial charge is 0.495 e. The number of hydrogen-bond donors (Lipinski definition) is 1. The molecule has 0 spiro atoms. The maximum Gasteiger partial charge on any atom is 0.359 e. The molecule has 8 nitrogen and oxygen atoms in total. The van der Waals surface area contributed by atoms with Crippen LogP contribution in [0.15, 0.2) is 53.3 Å². The summed E-state index contributed by atoms with van der Waals surface area (Å²) in [7, 11) is 1.50. The fourth-order valence-corrected chi connectivity index (χ4v) is 3.36. The molecular formula is C24H27N3O5. The van der Waals surface area contributed by atoms with E-state index in [4.69, 9.17) is 9.47 Å². The molecule has 0 saturated heterocycles. The van der Waals surface area contributed by atoms with Crippen LogP contribution in [0.4, 0.5) is 5.69 Å². The highest BCUT2D eigenvalue weighted by Crippen LogP contribution is 2.23. The Hall–Kier alpha value is -3.68. The van der Waals surface area contributed by atoms with Gasteiger partial charge >= 0.3 is 5.97 Å². The van der Waals surface area contributed by atoms with Gasteiger partial charge in [0.2, 0.25) is 0 Å². The second-order valence-corrected chi connectivity index (χ2v) is 7.31. The molecule has 1 N–H and O–H groups in total. The van der Waals surface area contributed by atoms with Gasteiger partial charge in [-0.25, -0.2) is 9.48 Å². The predicted molar refractivity (Wildman–Crippen MR) is 122 cm³/mol. The number of methoxy groups -OCH3 is 1. The van der Waals surface area contributed by atoms with Gasteiger partial charge in [0, 0.05) is 11.9 Å². The Morgan fingerprint density at radius 2 is 1.72 bits per heavy atom. The van der Waals surface area contributed by atoms with E-state index in [1.54, 1.807) is 48.5 Å². The molecule has 3 rings (SSSR count). The second kappa shape index (κ2) is 11.1. The van der Waals surface area contributed by atoms with Gasteiger partial charge in [-0.05, 0) is 24.6 Å². The number of para-hydroxylation sites is 2. The normalized spacial score (nSPS) is 10.7. The molecule has 3 aromatic rings. The molecule has 0 aliphatic heterocycles. The fourth-order valence-electron chi connectivity index (χ4n) is 3.36. The third-order valence-corrected chi connectivity index (χ3v) is 5.00. The number of aryl methyl sites for hydroxylation is 1. The van der Waals surface area contributed by atoms with E-state index >= 15 is 0 Å². The number of benzene rings is 2. The van der Waals surface area contributed by atoms with Crippen molar-refractivity contribution in [3.63, 3.8) is 0 Å². The lowest BCUT2D eigenvalue weighted by atomic mass is 10.1. The van der Waals surface area contributed by atoms with Crippen molar-refractivity contribution in [3.8, 4) is 5.75 Å². The monoisotopic (exact) mass is 437 g/mol. The van der Waals surface area contributed by atoms with Crippen molar-refractivity contribution in [3.05, 3.63) is 64.6 Å². The number of carbonyl (C=O) groups is 2. The van der Waals surface area contributed by atoms with E-state index in [0.29, 0.717) is 28.8 Å². The number of unbranched alkanes of at least 4 members (excludes halogenated alkanes) is 3. The Bertz CT molecular complexity index is 1160. The smallest absolute Gasteiger partial charge is 0.359 e. The SMILES string of the molecule is CCCCCCn1nc(C(=O)OCC(=O)Nc2ccccc2OC)c2ccccc2c1=O. The number of fused-ring (bicyclic) bond motifs is 1. The van der Waals surface area contributed by atoms with Gasteiger partial charge in [-0.15, -0.1) is 0 Å². The van der Waals surface area contributed by atoms with Crippen LogP contribution in [0.5, 0.6) is 5.75 Å². The van der Waals surface area contributed by atoms with Crippen LogP contribution in [0.2, 0.25) is 0 Å². The summed E-state index contributed by atoms with van der Waals surface area (Å²) >= 11 is 0. The fraction of sp³-hybridized carbons (Fsp3) is 0.333. The van der Waals surface area contributed by atoms with Crippen LogP contribution in [0.25, 0.3) is 10.8 Å². The summed E-state index contributed by atoms with van der Waals surface area (Å²) in [4.78, 5) is 37.8. The number of amides is 1. The first-order valence-electron chi connectivity index (χ1n) is 10.6. The molecule has 0 atom stereocenters. The Morgan fingerprint density at radius 3 is 2.47 bits per heavy atom. The van der Waals surface area contributed by atoms with E-state index in [0.717, 1.165) is 25.7 Å². The highest BCUT2D eigenvalue weighted by Gasteiger charge is 2.19. The number of ether oxygens (including phenoxy) is 2. The Balaban J connectivity index is 1.75. The minimum absolute atomic E-state index is 0.0146. The van der Waals surface area contributed by atoms with Crippen molar-refractivity contribution in [1.29, 1.82) is 0 Å². The average molecular weight is 437 g/mol. The molecule has 0 aliphatic rings. The predicted octanol–water partition coefficient (Wildman–Crippen LogP) is 3.78. The topological polar surface area (TPSA) is 99.5 Å². The van der Waals surface area contributed by atoms with Crippen molar-refractivity contribution < 1.29 is 19.1 Å². The van der Waals surface area contributed by atoms with E-state index in [2.05, 4.69) is 17.3 Å². The number of carbonyl (C=O) groups excluding carboxylic acids is 2. The third-order valence-electron chi connectivity index (χ3n) is 5.00. The van der Waals surface area contributed by atoms with Crippen molar-refractivity contribution >= 4 is 28.3 Å². The Labute approximate surface area is 186 Å². The molecule has 0 unspecified atom stereocenters. The zero-order chi connectivity index (χ0) is 22.9. The second-order valence-electron chi connectivity index (χ2n) is 7.31. The molecule has 32 heavy (non-hydrogen) atoms. The number of rotatable bonds is 10. The lowest BCUT2D eigenvalue weighted by Gasteiger charge is -2.12. The molecule has 0 saturated carbocycles. The number of aromatic nitrogens is 2. The van der Waals surface area contributed by atoms with Gasteiger partial charge in [-0.3, -0.25) is 9.59 Å². The summed E-state index contributed by atoms with van der Waals surface area (Å²) in [6.45, 7) is 2.03. The van der Waals surface area contributed by atoms with E-state index < -0.39 is 18.5 Å². The Kier molecular flexibility index (Phi) is 7.96. The van der Waals surface area contributed by atoms with Crippen LogP contribution < -0.4 is 15.6 Å². The van der Waals surface area contributed by atoms with Crippen molar-refractivity contribution in [1.82, 2.24) is 9.78 Å². The van der Waals surface area contributed by atoms with Crippen LogP contribution in [-0.4, -0.2) is 35.4 Å². The standard InChI is InChI=1S/C24H27N3O5/c1-3-4-5-10-15-27-23(29)18-12-7-6-11-17(18)22(26-27)24(30)32-16-21(28)25-19-13-8-9-14-20(19)31-2/h6-9,11-14H,3-5,10,15-16H2,1-2H3,(H,25,28).